The Balaban J connectivity index is 1.73. The van der Waals surface area contributed by atoms with Gasteiger partial charge < -0.3 is 18.9 Å². The molecule has 0 aromatic carbocycles. The Labute approximate surface area is 237 Å². The summed E-state index contributed by atoms with van der Waals surface area (Å²) in [6.45, 7) is 3.59. The van der Waals surface area contributed by atoms with Crippen LogP contribution in [-0.4, -0.2) is 60.6 Å². The first-order valence-corrected chi connectivity index (χ1v) is 15.3. The van der Waals surface area contributed by atoms with Gasteiger partial charge in [-0.15, -0.1) is 0 Å². The van der Waals surface area contributed by atoms with Crippen molar-refractivity contribution in [2.24, 2.45) is 17.3 Å². The van der Waals surface area contributed by atoms with E-state index in [9.17, 15) is 18.0 Å². The van der Waals surface area contributed by atoms with Crippen LogP contribution in [-0.2, 0) is 23.7 Å². The molecule has 2 saturated heterocycles. The average Bonchev–Trinajstić information content (AvgIpc) is 3.44. The van der Waals surface area contributed by atoms with E-state index in [2.05, 4.69) is 27.3 Å². The second-order valence-corrected chi connectivity index (χ2v) is 12.7. The molecule has 9 atom stereocenters. The Morgan fingerprint density at radius 3 is 2.58 bits per heavy atom. The lowest BCUT2D eigenvalue weighted by atomic mass is 9.77. The Kier molecular flexibility index (Phi) is 12.2. The Bertz CT molecular complexity index is 775. The van der Waals surface area contributed by atoms with E-state index in [1.54, 1.807) is 6.08 Å². The Hall–Kier alpha value is -0.460. The van der Waals surface area contributed by atoms with Crippen molar-refractivity contribution in [2.75, 3.05) is 13.7 Å². The lowest BCUT2D eigenvalue weighted by Crippen LogP contribution is -2.47. The molecule has 1 saturated carbocycles. The van der Waals surface area contributed by atoms with Crippen LogP contribution in [0.2, 0.25) is 0 Å². The van der Waals surface area contributed by atoms with Crippen molar-refractivity contribution in [3.8, 4) is 0 Å². The van der Waals surface area contributed by atoms with Gasteiger partial charge in [0.2, 0.25) is 0 Å². The summed E-state index contributed by atoms with van der Waals surface area (Å²) in [6.07, 6.45) is 1.01. The molecule has 3 fully saturated rings. The number of carbonyl (C=O) groups is 1. The maximum atomic E-state index is 15.7. The van der Waals surface area contributed by atoms with Crippen LogP contribution in [0.3, 0.4) is 0 Å². The van der Waals surface area contributed by atoms with E-state index in [1.807, 2.05) is 6.92 Å². The van der Waals surface area contributed by atoms with E-state index in [4.69, 9.17) is 14.2 Å². The van der Waals surface area contributed by atoms with Crippen LogP contribution in [0.4, 0.5) is 17.6 Å². The SMILES string of the molecule is CCCCC(C)([C@@H](/C=C/[C@H]1CC[C@@H]2OC(C(I)CCCC(=O)OC)C(F)[C@@H]21)OC1CCCCO1)C(F)(F)F. The summed E-state index contributed by atoms with van der Waals surface area (Å²) in [5.41, 5.74) is -2.07. The molecule has 5 unspecified atom stereocenters. The van der Waals surface area contributed by atoms with Crippen molar-refractivity contribution in [3.63, 3.8) is 0 Å². The van der Waals surface area contributed by atoms with Crippen molar-refractivity contribution >= 4 is 28.6 Å². The third kappa shape index (κ3) is 7.84. The number of esters is 1. The first kappa shape index (κ1) is 32.1. The maximum Gasteiger partial charge on any atom is 0.397 e. The van der Waals surface area contributed by atoms with Gasteiger partial charge in [0, 0.05) is 22.9 Å². The summed E-state index contributed by atoms with van der Waals surface area (Å²) in [7, 11) is 1.34. The summed E-state index contributed by atoms with van der Waals surface area (Å²) in [5.74, 6) is -0.908. The predicted octanol–water partition coefficient (Wildman–Crippen LogP) is 7.49. The molecule has 0 aromatic rings. The van der Waals surface area contributed by atoms with Crippen molar-refractivity contribution in [1.29, 1.82) is 0 Å². The van der Waals surface area contributed by atoms with Crippen LogP contribution in [0.25, 0.3) is 0 Å². The monoisotopic (exact) mass is 662 g/mol. The van der Waals surface area contributed by atoms with Gasteiger partial charge in [-0.25, -0.2) is 4.39 Å². The number of allylic oxidation sites excluding steroid dienone is 1. The molecule has 38 heavy (non-hydrogen) atoms. The number of alkyl halides is 5. The highest BCUT2D eigenvalue weighted by molar-refractivity contribution is 14.1. The van der Waals surface area contributed by atoms with Gasteiger partial charge in [-0.05, 0) is 64.2 Å². The highest BCUT2D eigenvalue weighted by atomic mass is 127. The van der Waals surface area contributed by atoms with Crippen LogP contribution in [0.1, 0.15) is 84.5 Å². The number of ether oxygens (including phenoxy) is 4. The molecule has 10 heteroatoms. The first-order valence-electron chi connectivity index (χ1n) is 14.0. The molecule has 0 spiro atoms. The first-order chi connectivity index (χ1) is 18.0. The highest BCUT2D eigenvalue weighted by Crippen LogP contribution is 2.50. The molecule has 1 aliphatic carbocycles. The molecule has 3 aliphatic rings. The molecule has 0 radical (unpaired) electrons. The van der Waals surface area contributed by atoms with Crippen molar-refractivity contribution in [3.05, 3.63) is 12.2 Å². The second-order valence-electron chi connectivity index (χ2n) is 11.1. The third-order valence-electron chi connectivity index (χ3n) is 8.46. The van der Waals surface area contributed by atoms with Crippen molar-refractivity contribution in [2.45, 2.75) is 125 Å². The molecule has 5 nitrogen and oxygen atoms in total. The van der Waals surface area contributed by atoms with Crippen LogP contribution in [0.5, 0.6) is 0 Å². The molecule has 0 amide bonds. The van der Waals surface area contributed by atoms with E-state index < -0.39 is 42.2 Å². The largest absolute Gasteiger partial charge is 0.469 e. The standard InChI is InChI=1S/C28H43F4IO5/c1-4-5-16-27(2,28(30,31)32)21(38-23-11-6-7-17-36-23)15-13-18-12-14-20-24(18)25(29)26(37-20)19(33)9-8-10-22(34)35-3/h13,15,18-21,23-26H,4-12,14,16-17H2,1-3H3/b15-13+/t18-,19?,20+,21-,23?,24-,25?,26?,27?/m1/s1. The van der Waals surface area contributed by atoms with Gasteiger partial charge in [0.25, 0.3) is 0 Å². The average molecular weight is 663 g/mol. The fourth-order valence-electron chi connectivity index (χ4n) is 5.95. The summed E-state index contributed by atoms with van der Waals surface area (Å²) < 4.78 is 81.4. The molecule has 220 valence electrons. The molecule has 3 rings (SSSR count). The third-order valence-corrected chi connectivity index (χ3v) is 9.79. The minimum atomic E-state index is -4.47. The van der Waals surface area contributed by atoms with Crippen molar-refractivity contribution < 1.29 is 41.3 Å². The van der Waals surface area contributed by atoms with Crippen molar-refractivity contribution in [1.82, 2.24) is 0 Å². The van der Waals surface area contributed by atoms with Gasteiger partial charge in [0.05, 0.1) is 24.7 Å². The summed E-state index contributed by atoms with van der Waals surface area (Å²) in [4.78, 5) is 11.4. The zero-order chi connectivity index (χ0) is 27.9. The highest BCUT2D eigenvalue weighted by Gasteiger charge is 2.56. The van der Waals surface area contributed by atoms with E-state index in [0.29, 0.717) is 51.6 Å². The molecule has 0 aromatic heterocycles. The van der Waals surface area contributed by atoms with E-state index in [0.717, 1.165) is 12.8 Å². The fourth-order valence-corrected chi connectivity index (χ4v) is 6.96. The number of hydrogen-bond donors (Lipinski definition) is 0. The minimum Gasteiger partial charge on any atom is -0.469 e. The van der Waals surface area contributed by atoms with Crippen LogP contribution in [0.15, 0.2) is 12.2 Å². The number of fused-ring (bicyclic) bond motifs is 1. The lowest BCUT2D eigenvalue weighted by Gasteiger charge is -2.40. The second kappa shape index (κ2) is 14.4. The smallest absolute Gasteiger partial charge is 0.397 e. The number of unbranched alkanes of at least 4 members (excludes halogenated alkanes) is 1. The minimum absolute atomic E-state index is 0.0511. The number of rotatable bonds is 13. The predicted molar refractivity (Wildman–Crippen MR) is 145 cm³/mol. The number of carbonyl (C=O) groups excluding carboxylic acids is 1. The lowest BCUT2D eigenvalue weighted by molar-refractivity contribution is -0.279. The number of methoxy groups -OCH3 is 1. The van der Waals surface area contributed by atoms with Gasteiger partial charge in [-0.3, -0.25) is 4.79 Å². The Morgan fingerprint density at radius 1 is 1.18 bits per heavy atom. The van der Waals surface area contributed by atoms with E-state index in [1.165, 1.54) is 20.1 Å². The number of hydrogen-bond acceptors (Lipinski definition) is 5. The van der Waals surface area contributed by atoms with E-state index >= 15 is 4.39 Å². The van der Waals surface area contributed by atoms with Crippen LogP contribution in [0, 0.1) is 17.3 Å². The topological polar surface area (TPSA) is 54.0 Å². The quantitative estimate of drug-likeness (QED) is 0.0673. The van der Waals surface area contributed by atoms with Crippen LogP contribution < -0.4 is 0 Å². The molecule has 0 bridgehead atoms. The summed E-state index contributed by atoms with van der Waals surface area (Å²) in [6, 6.07) is 0. The molecular formula is C28H43F4IO5. The van der Waals surface area contributed by atoms with E-state index in [-0.39, 0.29) is 34.8 Å². The number of halogens is 5. The fraction of sp³-hybridized carbons (Fsp3) is 0.893. The van der Waals surface area contributed by atoms with Gasteiger partial charge >= 0.3 is 12.1 Å². The summed E-state index contributed by atoms with van der Waals surface area (Å²) in [5, 5.41) is 0. The maximum absolute atomic E-state index is 15.7. The molecule has 2 aliphatic heterocycles. The van der Waals surface area contributed by atoms with Gasteiger partial charge in [0.15, 0.2) is 6.29 Å². The van der Waals surface area contributed by atoms with Gasteiger partial charge in [-0.2, -0.15) is 13.2 Å². The van der Waals surface area contributed by atoms with Crippen LogP contribution >= 0.6 is 22.6 Å². The zero-order valence-electron chi connectivity index (χ0n) is 22.7. The molecular weight excluding hydrogens is 619 g/mol. The Morgan fingerprint density at radius 2 is 1.95 bits per heavy atom. The normalized spacial score (nSPS) is 33.2. The molecule has 0 N–H and O–H groups in total. The van der Waals surface area contributed by atoms with Gasteiger partial charge in [-0.1, -0.05) is 54.5 Å². The molecule has 2 heterocycles. The summed E-state index contributed by atoms with van der Waals surface area (Å²) >= 11 is 2.19. The van der Waals surface area contributed by atoms with Gasteiger partial charge in [0.1, 0.15) is 12.3 Å². The zero-order valence-corrected chi connectivity index (χ0v) is 24.8.